The van der Waals surface area contributed by atoms with Gasteiger partial charge in [0.1, 0.15) is 5.75 Å². The molecule has 1 spiro atoms. The highest BCUT2D eigenvalue weighted by atomic mass is 35.5. The van der Waals surface area contributed by atoms with Gasteiger partial charge in [0.05, 0.1) is 43.5 Å². The molecule has 2 aromatic carbocycles. The fraction of sp³-hybridized carbons (Fsp3) is 0.594. The lowest BCUT2D eigenvalue weighted by Crippen LogP contribution is -2.51. The van der Waals surface area contributed by atoms with Crippen molar-refractivity contribution < 1.29 is 27.4 Å². The SMILES string of the molecule is C[C@H]1CO[C@H]2C[C@H]1OCCS(=O)(=O)NC(=O)c1ccc3c(c1)N(C[C@@H]1CC[C@H]12)C[C@@]1(CCCc2cc(Cl)ccc21)CO3. The quantitative estimate of drug-likeness (QED) is 0.459. The van der Waals surface area contributed by atoms with Crippen molar-refractivity contribution in [1.29, 1.82) is 0 Å². The molecule has 3 heterocycles. The predicted molar refractivity (Wildman–Crippen MR) is 161 cm³/mol. The van der Waals surface area contributed by atoms with Crippen molar-refractivity contribution in [3.8, 4) is 5.75 Å². The Morgan fingerprint density at radius 1 is 1.10 bits per heavy atom. The van der Waals surface area contributed by atoms with Gasteiger partial charge in [-0.3, -0.25) is 4.79 Å². The molecule has 2 aromatic rings. The average Bonchev–Trinajstić information content (AvgIpc) is 3.09. The van der Waals surface area contributed by atoms with E-state index < -0.39 is 15.9 Å². The zero-order chi connectivity index (χ0) is 29.1. The van der Waals surface area contributed by atoms with Crippen molar-refractivity contribution in [3.63, 3.8) is 0 Å². The number of anilines is 1. The normalized spacial score (nSPS) is 34.2. The second-order valence-electron chi connectivity index (χ2n) is 13.0. The molecule has 1 saturated heterocycles. The Hall–Kier alpha value is -2.33. The molecule has 0 unspecified atom stereocenters. The number of ether oxygens (including phenoxy) is 3. The van der Waals surface area contributed by atoms with Gasteiger partial charge in [-0.2, -0.15) is 0 Å². The number of carbonyl (C=O) groups is 1. The van der Waals surface area contributed by atoms with E-state index in [2.05, 4.69) is 28.7 Å². The molecule has 42 heavy (non-hydrogen) atoms. The van der Waals surface area contributed by atoms with Gasteiger partial charge < -0.3 is 19.1 Å². The highest BCUT2D eigenvalue weighted by Crippen LogP contribution is 2.47. The van der Waals surface area contributed by atoms with Gasteiger partial charge in [0.2, 0.25) is 10.0 Å². The van der Waals surface area contributed by atoms with Gasteiger partial charge in [0.25, 0.3) is 5.91 Å². The van der Waals surface area contributed by atoms with Gasteiger partial charge in [-0.05, 0) is 85.4 Å². The molecule has 5 aliphatic rings. The van der Waals surface area contributed by atoms with Crippen molar-refractivity contribution in [1.82, 2.24) is 4.72 Å². The summed E-state index contributed by atoms with van der Waals surface area (Å²) in [5.74, 6) is 0.841. The number of benzene rings is 2. The largest absolute Gasteiger partial charge is 0.490 e. The molecule has 6 atom stereocenters. The standard InChI is InChI=1S/C32H39ClN2O6S/c1-20-17-40-30-15-29(20)39-11-12-42(37,38)34-31(36)22-5-9-28-27(14-22)35(16-23-4-7-25(23)30)18-32(19-41-28)10-2-3-21-13-24(33)6-8-26(21)32/h5-6,8-9,13-14,20,23,25,29-30H,2-4,7,10-12,15-19H2,1H3,(H,34,36)/t20-,23-,25+,29+,30-,32-/m0/s1. The molecule has 2 fully saturated rings. The molecular weight excluding hydrogens is 576 g/mol. The second-order valence-corrected chi connectivity index (χ2v) is 15.3. The summed E-state index contributed by atoms with van der Waals surface area (Å²) in [5.41, 5.74) is 3.48. The van der Waals surface area contributed by atoms with Crippen LogP contribution in [0.4, 0.5) is 5.69 Å². The lowest BCUT2D eigenvalue weighted by Gasteiger charge is -2.48. The highest BCUT2D eigenvalue weighted by Gasteiger charge is 2.46. The minimum atomic E-state index is -3.87. The van der Waals surface area contributed by atoms with Gasteiger partial charge in [-0.25, -0.2) is 13.1 Å². The summed E-state index contributed by atoms with van der Waals surface area (Å²) < 4.78 is 47.0. The summed E-state index contributed by atoms with van der Waals surface area (Å²) >= 11 is 6.41. The van der Waals surface area contributed by atoms with Gasteiger partial charge in [0.15, 0.2) is 0 Å². The Kier molecular flexibility index (Phi) is 7.44. The lowest BCUT2D eigenvalue weighted by molar-refractivity contribution is -0.139. The van der Waals surface area contributed by atoms with Crippen molar-refractivity contribution >= 4 is 33.2 Å². The van der Waals surface area contributed by atoms with E-state index in [4.69, 9.17) is 25.8 Å². The molecular formula is C32H39ClN2O6S. The van der Waals surface area contributed by atoms with Crippen LogP contribution in [0, 0.1) is 17.8 Å². The van der Waals surface area contributed by atoms with Crippen LogP contribution in [-0.2, 0) is 31.3 Å². The maximum absolute atomic E-state index is 13.2. The van der Waals surface area contributed by atoms with E-state index >= 15 is 0 Å². The van der Waals surface area contributed by atoms with E-state index in [1.54, 1.807) is 12.1 Å². The zero-order valence-electron chi connectivity index (χ0n) is 24.0. The number of amides is 1. The molecule has 8 nitrogen and oxygen atoms in total. The molecule has 4 bridgehead atoms. The molecule has 0 radical (unpaired) electrons. The van der Waals surface area contributed by atoms with Crippen LogP contribution in [0.25, 0.3) is 0 Å². The number of halogens is 1. The Labute approximate surface area is 253 Å². The molecule has 2 aliphatic carbocycles. The van der Waals surface area contributed by atoms with E-state index in [1.165, 1.54) is 11.1 Å². The van der Waals surface area contributed by atoms with Gasteiger partial charge in [-0.15, -0.1) is 0 Å². The Bertz CT molecular complexity index is 1480. The third-order valence-corrected chi connectivity index (χ3v) is 11.7. The Balaban J connectivity index is 1.28. The van der Waals surface area contributed by atoms with E-state index in [-0.39, 0.29) is 35.9 Å². The van der Waals surface area contributed by atoms with E-state index in [0.717, 1.165) is 68.1 Å². The first-order chi connectivity index (χ1) is 20.2. The van der Waals surface area contributed by atoms with Gasteiger partial charge in [0, 0.05) is 41.4 Å². The zero-order valence-corrected chi connectivity index (χ0v) is 25.6. The van der Waals surface area contributed by atoms with E-state index in [9.17, 15) is 13.2 Å². The monoisotopic (exact) mass is 614 g/mol. The number of rotatable bonds is 0. The fourth-order valence-electron chi connectivity index (χ4n) is 7.85. The third kappa shape index (κ3) is 5.31. The molecule has 1 saturated carbocycles. The van der Waals surface area contributed by atoms with Crippen molar-refractivity contribution in [2.24, 2.45) is 17.8 Å². The molecule has 1 N–H and O–H groups in total. The van der Waals surface area contributed by atoms with E-state index in [1.807, 2.05) is 12.1 Å². The van der Waals surface area contributed by atoms with Crippen molar-refractivity contribution in [2.45, 2.75) is 63.1 Å². The smallest absolute Gasteiger partial charge is 0.264 e. The summed E-state index contributed by atoms with van der Waals surface area (Å²) in [6, 6.07) is 11.5. The number of sulfonamides is 1. The molecule has 7 rings (SSSR count). The fourth-order valence-corrected chi connectivity index (χ4v) is 8.87. The second kappa shape index (κ2) is 11.0. The van der Waals surface area contributed by atoms with Crippen LogP contribution in [0.3, 0.4) is 0 Å². The van der Waals surface area contributed by atoms with Crippen LogP contribution >= 0.6 is 11.6 Å². The first kappa shape index (κ1) is 28.4. The summed E-state index contributed by atoms with van der Waals surface area (Å²) in [7, 11) is -3.87. The Morgan fingerprint density at radius 2 is 1.98 bits per heavy atom. The molecule has 3 aliphatic heterocycles. The summed E-state index contributed by atoms with van der Waals surface area (Å²) in [6.45, 7) is 4.83. The van der Waals surface area contributed by atoms with Crippen LogP contribution in [0.2, 0.25) is 5.02 Å². The number of nitrogens with zero attached hydrogens (tertiary/aromatic N) is 1. The lowest BCUT2D eigenvalue weighted by atomic mass is 9.67. The maximum Gasteiger partial charge on any atom is 0.264 e. The number of hydrogen-bond donors (Lipinski definition) is 1. The minimum absolute atomic E-state index is 0.0407. The van der Waals surface area contributed by atoms with Crippen LogP contribution in [0.1, 0.15) is 60.5 Å². The number of aryl methyl sites for hydroxylation is 1. The van der Waals surface area contributed by atoms with Crippen LogP contribution in [-0.4, -0.2) is 65.2 Å². The molecule has 0 aromatic heterocycles. The first-order valence-corrected chi connectivity index (χ1v) is 17.3. The van der Waals surface area contributed by atoms with E-state index in [0.29, 0.717) is 30.6 Å². The third-order valence-electron chi connectivity index (χ3n) is 10.3. The minimum Gasteiger partial charge on any atom is -0.490 e. The molecule has 226 valence electrons. The highest BCUT2D eigenvalue weighted by molar-refractivity contribution is 7.90. The molecule has 1 amide bonds. The summed E-state index contributed by atoms with van der Waals surface area (Å²) in [6.07, 6.45) is 6.05. The number of nitrogens with one attached hydrogen (secondary N) is 1. The topological polar surface area (TPSA) is 94.2 Å². The van der Waals surface area contributed by atoms with Gasteiger partial charge in [-0.1, -0.05) is 24.6 Å². The average molecular weight is 615 g/mol. The Morgan fingerprint density at radius 3 is 2.81 bits per heavy atom. The van der Waals surface area contributed by atoms with Crippen LogP contribution in [0.5, 0.6) is 5.75 Å². The number of carbonyl (C=O) groups excluding carboxylic acids is 1. The first-order valence-electron chi connectivity index (χ1n) is 15.3. The molecule has 10 heteroatoms. The predicted octanol–water partition coefficient (Wildman–Crippen LogP) is 4.72. The number of fused-ring (bicyclic) bond motifs is 7. The number of hydrogen-bond acceptors (Lipinski definition) is 7. The van der Waals surface area contributed by atoms with Crippen LogP contribution in [0.15, 0.2) is 36.4 Å². The van der Waals surface area contributed by atoms with Crippen molar-refractivity contribution in [2.75, 3.05) is 43.6 Å². The van der Waals surface area contributed by atoms with Crippen LogP contribution < -0.4 is 14.4 Å². The summed E-state index contributed by atoms with van der Waals surface area (Å²) in [4.78, 5) is 15.6. The van der Waals surface area contributed by atoms with Gasteiger partial charge >= 0.3 is 0 Å². The van der Waals surface area contributed by atoms with Crippen molar-refractivity contribution in [3.05, 3.63) is 58.1 Å². The summed E-state index contributed by atoms with van der Waals surface area (Å²) in [5, 5.41) is 0.751. The maximum atomic E-state index is 13.2.